The lowest BCUT2D eigenvalue weighted by molar-refractivity contribution is 0.266. The van der Waals surface area contributed by atoms with Crippen molar-refractivity contribution in [3.05, 3.63) is 0 Å². The molecule has 15 heavy (non-hydrogen) atoms. The summed E-state index contributed by atoms with van der Waals surface area (Å²) in [4.78, 5) is 0. The molecular weight excluding hydrogens is 182 g/mol. The van der Waals surface area contributed by atoms with Gasteiger partial charge in [0.2, 0.25) is 0 Å². The van der Waals surface area contributed by atoms with Gasteiger partial charge in [0, 0.05) is 0 Å². The van der Waals surface area contributed by atoms with Crippen LogP contribution in [0.25, 0.3) is 0 Å². The monoisotopic (exact) mass is 211 g/mol. The first-order valence-corrected chi connectivity index (χ1v) is 6.98. The van der Waals surface area contributed by atoms with Crippen molar-refractivity contribution in [2.75, 3.05) is 13.1 Å². The maximum Gasteiger partial charge on any atom is -0.00179 e. The number of rotatable bonds is 7. The molecule has 0 aromatic carbocycles. The maximum absolute atomic E-state index is 3.55. The first-order valence-electron chi connectivity index (χ1n) is 6.98. The Kier molecular flexibility index (Phi) is 6.31. The van der Waals surface area contributed by atoms with Crippen molar-refractivity contribution in [2.24, 2.45) is 17.8 Å². The van der Waals surface area contributed by atoms with Gasteiger partial charge in [0.15, 0.2) is 0 Å². The van der Waals surface area contributed by atoms with Crippen molar-refractivity contribution in [3.8, 4) is 0 Å². The summed E-state index contributed by atoms with van der Waals surface area (Å²) < 4.78 is 0. The third-order valence-corrected chi connectivity index (χ3v) is 4.13. The Labute approximate surface area is 96.0 Å². The Bertz CT molecular complexity index is 149. The average molecular weight is 211 g/mol. The predicted octanol–water partition coefficient (Wildman–Crippen LogP) is 3.84. The van der Waals surface area contributed by atoms with E-state index in [1.165, 1.54) is 45.1 Å². The van der Waals surface area contributed by atoms with Gasteiger partial charge in [0.1, 0.15) is 0 Å². The zero-order chi connectivity index (χ0) is 11.1. The second-order valence-electron chi connectivity index (χ2n) is 5.36. The van der Waals surface area contributed by atoms with Crippen LogP contribution in [0.15, 0.2) is 0 Å². The first kappa shape index (κ1) is 13.0. The molecule has 2 atom stereocenters. The Morgan fingerprint density at radius 2 is 1.87 bits per heavy atom. The van der Waals surface area contributed by atoms with Crippen LogP contribution in [-0.2, 0) is 0 Å². The zero-order valence-electron chi connectivity index (χ0n) is 10.9. The van der Waals surface area contributed by atoms with Crippen LogP contribution in [-0.4, -0.2) is 13.1 Å². The molecule has 1 fully saturated rings. The molecule has 90 valence electrons. The van der Waals surface area contributed by atoms with Gasteiger partial charge in [-0.15, -0.1) is 0 Å². The average Bonchev–Trinajstić information content (AvgIpc) is 2.77. The second kappa shape index (κ2) is 7.27. The molecule has 0 saturated heterocycles. The highest BCUT2D eigenvalue weighted by atomic mass is 14.8. The van der Waals surface area contributed by atoms with E-state index in [-0.39, 0.29) is 0 Å². The summed E-state index contributed by atoms with van der Waals surface area (Å²) >= 11 is 0. The van der Waals surface area contributed by atoms with E-state index in [1.807, 2.05) is 0 Å². The largest absolute Gasteiger partial charge is 0.317 e. The topological polar surface area (TPSA) is 12.0 Å². The molecule has 0 aromatic rings. The van der Waals surface area contributed by atoms with E-state index in [4.69, 9.17) is 0 Å². The summed E-state index contributed by atoms with van der Waals surface area (Å²) in [5.41, 5.74) is 0. The standard InChI is InChI=1S/C14H29N/c1-4-12(3)10-14(11-15-5-2)13-8-6-7-9-13/h12-15H,4-11H2,1-3H3. The van der Waals surface area contributed by atoms with Crippen LogP contribution < -0.4 is 5.32 Å². The van der Waals surface area contributed by atoms with E-state index in [2.05, 4.69) is 26.1 Å². The molecule has 1 saturated carbocycles. The highest BCUT2D eigenvalue weighted by Gasteiger charge is 2.25. The second-order valence-corrected chi connectivity index (χ2v) is 5.36. The zero-order valence-corrected chi connectivity index (χ0v) is 10.9. The van der Waals surface area contributed by atoms with Crippen molar-refractivity contribution in [3.63, 3.8) is 0 Å². The molecule has 0 bridgehead atoms. The molecule has 0 heterocycles. The highest BCUT2D eigenvalue weighted by Crippen LogP contribution is 2.34. The van der Waals surface area contributed by atoms with Gasteiger partial charge in [-0.05, 0) is 37.3 Å². The molecule has 0 aliphatic heterocycles. The minimum atomic E-state index is 0.911. The molecule has 1 N–H and O–H groups in total. The van der Waals surface area contributed by atoms with Crippen molar-refractivity contribution in [2.45, 2.75) is 59.3 Å². The van der Waals surface area contributed by atoms with E-state index in [0.29, 0.717) is 0 Å². The van der Waals surface area contributed by atoms with Crippen LogP contribution in [0.4, 0.5) is 0 Å². The molecule has 1 heteroatoms. The third kappa shape index (κ3) is 4.55. The summed E-state index contributed by atoms with van der Waals surface area (Å²) in [6.45, 7) is 9.34. The predicted molar refractivity (Wildman–Crippen MR) is 68.1 cm³/mol. The van der Waals surface area contributed by atoms with Crippen LogP contribution in [0.2, 0.25) is 0 Å². The summed E-state index contributed by atoms with van der Waals surface area (Å²) in [5, 5.41) is 3.55. The minimum Gasteiger partial charge on any atom is -0.317 e. The lowest BCUT2D eigenvalue weighted by Crippen LogP contribution is -2.28. The Balaban J connectivity index is 2.36. The van der Waals surface area contributed by atoms with E-state index in [9.17, 15) is 0 Å². The fourth-order valence-electron chi connectivity index (χ4n) is 2.88. The molecule has 0 radical (unpaired) electrons. The van der Waals surface area contributed by atoms with Gasteiger partial charge in [-0.1, -0.05) is 52.9 Å². The molecule has 1 aliphatic rings. The molecule has 0 aromatic heterocycles. The van der Waals surface area contributed by atoms with Crippen LogP contribution in [0.3, 0.4) is 0 Å². The number of hydrogen-bond donors (Lipinski definition) is 1. The smallest absolute Gasteiger partial charge is 0.00179 e. The first-order chi connectivity index (χ1) is 7.27. The SMILES string of the molecule is CCNCC(CC(C)CC)C1CCCC1. The van der Waals surface area contributed by atoms with Crippen LogP contribution in [0.1, 0.15) is 59.3 Å². The molecule has 1 aliphatic carbocycles. The minimum absolute atomic E-state index is 0.911. The van der Waals surface area contributed by atoms with Gasteiger partial charge in [-0.3, -0.25) is 0 Å². The molecule has 1 rings (SSSR count). The number of nitrogens with one attached hydrogen (secondary N) is 1. The van der Waals surface area contributed by atoms with Crippen molar-refractivity contribution in [1.29, 1.82) is 0 Å². The van der Waals surface area contributed by atoms with Crippen molar-refractivity contribution in [1.82, 2.24) is 5.32 Å². The summed E-state index contributed by atoms with van der Waals surface area (Å²) in [6, 6.07) is 0. The van der Waals surface area contributed by atoms with Gasteiger partial charge in [0.05, 0.1) is 0 Å². The highest BCUT2D eigenvalue weighted by molar-refractivity contribution is 4.78. The van der Waals surface area contributed by atoms with Crippen LogP contribution >= 0.6 is 0 Å². The van der Waals surface area contributed by atoms with Gasteiger partial charge in [0.25, 0.3) is 0 Å². The van der Waals surface area contributed by atoms with E-state index < -0.39 is 0 Å². The molecule has 0 amide bonds. The third-order valence-electron chi connectivity index (χ3n) is 4.13. The van der Waals surface area contributed by atoms with E-state index in [0.717, 1.165) is 24.3 Å². The van der Waals surface area contributed by atoms with E-state index >= 15 is 0 Å². The molecular formula is C14H29N. The summed E-state index contributed by atoms with van der Waals surface area (Å²) in [7, 11) is 0. The molecule has 1 nitrogen and oxygen atoms in total. The maximum atomic E-state index is 3.55. The van der Waals surface area contributed by atoms with Gasteiger partial charge in [-0.25, -0.2) is 0 Å². The fraction of sp³-hybridized carbons (Fsp3) is 1.00. The number of hydrogen-bond acceptors (Lipinski definition) is 1. The van der Waals surface area contributed by atoms with Gasteiger partial charge < -0.3 is 5.32 Å². The fourth-order valence-corrected chi connectivity index (χ4v) is 2.88. The Morgan fingerprint density at radius 1 is 1.20 bits per heavy atom. The quantitative estimate of drug-likeness (QED) is 0.674. The lowest BCUT2D eigenvalue weighted by atomic mass is 9.83. The van der Waals surface area contributed by atoms with E-state index in [1.54, 1.807) is 0 Å². The Morgan fingerprint density at radius 3 is 2.40 bits per heavy atom. The molecule has 0 spiro atoms. The van der Waals surface area contributed by atoms with Crippen LogP contribution in [0.5, 0.6) is 0 Å². The van der Waals surface area contributed by atoms with Crippen molar-refractivity contribution >= 4 is 0 Å². The summed E-state index contributed by atoms with van der Waals surface area (Å²) in [5.74, 6) is 2.88. The summed E-state index contributed by atoms with van der Waals surface area (Å²) in [6.07, 6.45) is 8.73. The van der Waals surface area contributed by atoms with Gasteiger partial charge in [-0.2, -0.15) is 0 Å². The normalized spacial score (nSPS) is 21.8. The van der Waals surface area contributed by atoms with Crippen molar-refractivity contribution < 1.29 is 0 Å². The Hall–Kier alpha value is -0.0400. The van der Waals surface area contributed by atoms with Crippen LogP contribution in [0, 0.1) is 17.8 Å². The molecule has 2 unspecified atom stereocenters. The lowest BCUT2D eigenvalue weighted by Gasteiger charge is -2.26. The van der Waals surface area contributed by atoms with Gasteiger partial charge >= 0.3 is 0 Å².